The zero-order valence-corrected chi connectivity index (χ0v) is 8.23. The fraction of sp³-hybridized carbons (Fsp3) is 0.444. The van der Waals surface area contributed by atoms with Gasteiger partial charge in [0.2, 0.25) is 0 Å². The zero-order valence-electron chi connectivity index (χ0n) is 8.23. The molecule has 5 nitrogen and oxygen atoms in total. The van der Waals surface area contributed by atoms with E-state index in [1.54, 1.807) is 19.2 Å². The number of aromatic nitrogens is 2. The van der Waals surface area contributed by atoms with E-state index in [-0.39, 0.29) is 0 Å². The Morgan fingerprint density at radius 3 is 3.00 bits per heavy atom. The molecule has 0 spiro atoms. The molecule has 0 saturated carbocycles. The standard InChI is InChI=1S/C9H13N3O2/c1-6-11-4-3-7(12-6)5-8(10)9(13)14-2/h3-4,8H,5,10H2,1-2H3. The Morgan fingerprint density at radius 2 is 2.43 bits per heavy atom. The summed E-state index contributed by atoms with van der Waals surface area (Å²) >= 11 is 0. The third-order valence-corrected chi connectivity index (χ3v) is 1.77. The Morgan fingerprint density at radius 1 is 1.71 bits per heavy atom. The molecule has 5 heteroatoms. The van der Waals surface area contributed by atoms with Crippen molar-refractivity contribution in [1.82, 2.24) is 9.97 Å². The maximum atomic E-state index is 11.0. The third-order valence-electron chi connectivity index (χ3n) is 1.77. The second kappa shape index (κ2) is 4.66. The van der Waals surface area contributed by atoms with Crippen LogP contribution in [0.15, 0.2) is 12.3 Å². The molecule has 0 saturated heterocycles. The summed E-state index contributed by atoms with van der Waals surface area (Å²) in [7, 11) is 1.31. The van der Waals surface area contributed by atoms with Gasteiger partial charge in [-0.3, -0.25) is 4.79 Å². The predicted octanol–water partition coefficient (Wildman–Crippen LogP) is -0.172. The Bertz CT molecular complexity index is 328. The van der Waals surface area contributed by atoms with Gasteiger partial charge in [-0.15, -0.1) is 0 Å². The Balaban J connectivity index is 2.64. The smallest absolute Gasteiger partial charge is 0.323 e. The molecule has 1 aromatic heterocycles. The normalized spacial score (nSPS) is 12.2. The highest BCUT2D eigenvalue weighted by atomic mass is 16.5. The number of hydrogen-bond acceptors (Lipinski definition) is 5. The number of ether oxygens (including phenoxy) is 1. The monoisotopic (exact) mass is 195 g/mol. The van der Waals surface area contributed by atoms with Gasteiger partial charge in [-0.25, -0.2) is 9.97 Å². The van der Waals surface area contributed by atoms with Gasteiger partial charge in [0.25, 0.3) is 0 Å². The van der Waals surface area contributed by atoms with Crippen molar-refractivity contribution < 1.29 is 9.53 Å². The first-order valence-corrected chi connectivity index (χ1v) is 4.25. The van der Waals surface area contributed by atoms with E-state index in [1.807, 2.05) is 0 Å². The second-order valence-electron chi connectivity index (χ2n) is 2.93. The lowest BCUT2D eigenvalue weighted by atomic mass is 10.1. The van der Waals surface area contributed by atoms with Crippen LogP contribution in [0.4, 0.5) is 0 Å². The number of carbonyl (C=O) groups is 1. The fourth-order valence-corrected chi connectivity index (χ4v) is 1.08. The molecular weight excluding hydrogens is 182 g/mol. The lowest BCUT2D eigenvalue weighted by Gasteiger charge is -2.08. The van der Waals surface area contributed by atoms with Gasteiger partial charge in [-0.05, 0) is 13.0 Å². The van der Waals surface area contributed by atoms with Crippen molar-refractivity contribution >= 4 is 5.97 Å². The Hall–Kier alpha value is -1.49. The van der Waals surface area contributed by atoms with Crippen molar-refractivity contribution in [3.05, 3.63) is 23.8 Å². The predicted molar refractivity (Wildman–Crippen MR) is 50.5 cm³/mol. The minimum Gasteiger partial charge on any atom is -0.468 e. The van der Waals surface area contributed by atoms with Crippen LogP contribution in [0.5, 0.6) is 0 Å². The third kappa shape index (κ3) is 2.77. The van der Waals surface area contributed by atoms with E-state index in [1.165, 1.54) is 7.11 Å². The van der Waals surface area contributed by atoms with E-state index in [0.29, 0.717) is 12.2 Å². The van der Waals surface area contributed by atoms with Crippen LogP contribution in [0.2, 0.25) is 0 Å². The maximum absolute atomic E-state index is 11.0. The maximum Gasteiger partial charge on any atom is 0.323 e. The van der Waals surface area contributed by atoms with Gasteiger partial charge < -0.3 is 10.5 Å². The van der Waals surface area contributed by atoms with Crippen LogP contribution in [0.25, 0.3) is 0 Å². The molecule has 0 bridgehead atoms. The van der Waals surface area contributed by atoms with Crippen LogP contribution in [0.3, 0.4) is 0 Å². The summed E-state index contributed by atoms with van der Waals surface area (Å²) in [5.74, 6) is 0.237. The molecular formula is C9H13N3O2. The van der Waals surface area contributed by atoms with Gasteiger partial charge >= 0.3 is 5.97 Å². The number of nitrogens with two attached hydrogens (primary N) is 1. The minimum absolute atomic E-state index is 0.371. The number of esters is 1. The van der Waals surface area contributed by atoms with Crippen LogP contribution in [-0.4, -0.2) is 29.1 Å². The van der Waals surface area contributed by atoms with Gasteiger partial charge in [0.15, 0.2) is 0 Å². The van der Waals surface area contributed by atoms with Crippen molar-refractivity contribution in [3.63, 3.8) is 0 Å². The highest BCUT2D eigenvalue weighted by Gasteiger charge is 2.14. The molecule has 1 atom stereocenters. The number of aryl methyl sites for hydroxylation is 1. The number of nitrogens with zero attached hydrogens (tertiary/aromatic N) is 2. The molecule has 1 unspecified atom stereocenters. The van der Waals surface area contributed by atoms with E-state index in [2.05, 4.69) is 14.7 Å². The SMILES string of the molecule is COC(=O)C(N)Cc1ccnc(C)n1. The minimum atomic E-state index is -0.658. The lowest BCUT2D eigenvalue weighted by molar-refractivity contribution is -0.142. The fourth-order valence-electron chi connectivity index (χ4n) is 1.08. The summed E-state index contributed by atoms with van der Waals surface area (Å²) in [6.07, 6.45) is 2.01. The summed E-state index contributed by atoms with van der Waals surface area (Å²) < 4.78 is 4.51. The van der Waals surface area contributed by atoms with Gasteiger partial charge in [0, 0.05) is 18.3 Å². The number of carbonyl (C=O) groups excluding carboxylic acids is 1. The van der Waals surface area contributed by atoms with Crippen LogP contribution < -0.4 is 5.73 Å². The number of rotatable bonds is 3. The molecule has 2 N–H and O–H groups in total. The molecule has 0 aromatic carbocycles. The van der Waals surface area contributed by atoms with Crippen LogP contribution in [-0.2, 0) is 16.0 Å². The van der Waals surface area contributed by atoms with Crippen molar-refractivity contribution in [1.29, 1.82) is 0 Å². The molecule has 0 amide bonds. The highest BCUT2D eigenvalue weighted by molar-refractivity contribution is 5.75. The molecule has 0 aliphatic rings. The topological polar surface area (TPSA) is 78.1 Å². The van der Waals surface area contributed by atoms with Crippen molar-refractivity contribution in [2.24, 2.45) is 5.73 Å². The molecule has 1 heterocycles. The lowest BCUT2D eigenvalue weighted by Crippen LogP contribution is -2.33. The first-order valence-electron chi connectivity index (χ1n) is 4.25. The first-order chi connectivity index (χ1) is 6.63. The second-order valence-corrected chi connectivity index (χ2v) is 2.93. The summed E-state index contributed by atoms with van der Waals surface area (Å²) in [5, 5.41) is 0. The molecule has 0 radical (unpaired) electrons. The number of hydrogen-bond donors (Lipinski definition) is 1. The summed E-state index contributed by atoms with van der Waals surface area (Å²) in [5.41, 5.74) is 6.32. The van der Waals surface area contributed by atoms with Gasteiger partial charge in [-0.1, -0.05) is 0 Å². The highest BCUT2D eigenvalue weighted by Crippen LogP contribution is 1.99. The van der Waals surface area contributed by atoms with Crippen molar-refractivity contribution in [2.75, 3.05) is 7.11 Å². The number of methoxy groups -OCH3 is 1. The molecule has 76 valence electrons. The molecule has 0 aliphatic carbocycles. The van der Waals surface area contributed by atoms with Gasteiger partial charge in [0.1, 0.15) is 11.9 Å². The van der Waals surface area contributed by atoms with Gasteiger partial charge in [-0.2, -0.15) is 0 Å². The average molecular weight is 195 g/mol. The molecule has 14 heavy (non-hydrogen) atoms. The van der Waals surface area contributed by atoms with Crippen LogP contribution >= 0.6 is 0 Å². The zero-order chi connectivity index (χ0) is 10.6. The average Bonchev–Trinajstić information content (AvgIpc) is 2.16. The van der Waals surface area contributed by atoms with E-state index < -0.39 is 12.0 Å². The van der Waals surface area contributed by atoms with Crippen molar-refractivity contribution in [2.45, 2.75) is 19.4 Å². The van der Waals surface area contributed by atoms with Crippen molar-refractivity contribution in [3.8, 4) is 0 Å². The van der Waals surface area contributed by atoms with Gasteiger partial charge in [0.05, 0.1) is 7.11 Å². The molecule has 0 fully saturated rings. The van der Waals surface area contributed by atoms with Crippen LogP contribution in [0.1, 0.15) is 11.5 Å². The quantitative estimate of drug-likeness (QED) is 0.677. The first kappa shape index (κ1) is 10.6. The van der Waals surface area contributed by atoms with E-state index in [0.717, 1.165) is 5.69 Å². The molecule has 1 rings (SSSR count). The summed E-state index contributed by atoms with van der Waals surface area (Å²) in [4.78, 5) is 19.1. The summed E-state index contributed by atoms with van der Waals surface area (Å²) in [6, 6.07) is 1.07. The summed E-state index contributed by atoms with van der Waals surface area (Å²) in [6.45, 7) is 1.78. The Kier molecular flexibility index (Phi) is 3.53. The van der Waals surface area contributed by atoms with E-state index >= 15 is 0 Å². The van der Waals surface area contributed by atoms with Crippen LogP contribution in [0, 0.1) is 6.92 Å². The Labute approximate surface area is 82.3 Å². The van der Waals surface area contributed by atoms with E-state index in [4.69, 9.17) is 5.73 Å². The van der Waals surface area contributed by atoms with E-state index in [9.17, 15) is 4.79 Å². The molecule has 0 aliphatic heterocycles. The molecule has 1 aromatic rings. The largest absolute Gasteiger partial charge is 0.468 e.